The summed E-state index contributed by atoms with van der Waals surface area (Å²) in [4.78, 5) is 4.08. The van der Waals surface area contributed by atoms with Crippen molar-refractivity contribution in [3.63, 3.8) is 0 Å². The van der Waals surface area contributed by atoms with E-state index in [4.69, 9.17) is 0 Å². The number of aromatic amines is 1. The van der Waals surface area contributed by atoms with Crippen LogP contribution in [0.4, 0.5) is 24.8 Å². The van der Waals surface area contributed by atoms with Crippen LogP contribution in [0.15, 0.2) is 30.7 Å². The number of rotatable bonds is 3. The van der Waals surface area contributed by atoms with Crippen LogP contribution >= 0.6 is 0 Å². The zero-order valence-corrected chi connectivity index (χ0v) is 10.0. The lowest BCUT2D eigenvalue weighted by Gasteiger charge is -2.02. The Morgan fingerprint density at radius 2 is 2.20 bits per heavy atom. The van der Waals surface area contributed by atoms with Crippen molar-refractivity contribution in [2.45, 2.75) is 12.6 Å². The molecule has 3 rings (SSSR count). The van der Waals surface area contributed by atoms with E-state index in [0.29, 0.717) is 17.2 Å². The summed E-state index contributed by atoms with van der Waals surface area (Å²) in [5.41, 5.74) is 0.394. The molecule has 3 aromatic rings. The van der Waals surface area contributed by atoms with Gasteiger partial charge < -0.3 is 5.32 Å². The molecule has 0 saturated carbocycles. The second kappa shape index (κ2) is 4.51. The molecular formula is C11H9F3N6. The molecule has 0 amide bonds. The standard InChI is InChI=1S/C11H9F3N6/c12-11(13,14)6-7-5-8-10(15-3-4-20(8)19-7)17-9-1-2-16-18-9/h1-5H,6H2,(H2,15,16,17,18). The Morgan fingerprint density at radius 1 is 1.35 bits per heavy atom. The minimum atomic E-state index is -4.29. The van der Waals surface area contributed by atoms with Gasteiger partial charge in [0.15, 0.2) is 11.6 Å². The van der Waals surface area contributed by atoms with Crippen molar-refractivity contribution in [3.8, 4) is 0 Å². The monoisotopic (exact) mass is 282 g/mol. The number of alkyl halides is 3. The molecule has 0 unspecified atom stereocenters. The normalized spacial score (nSPS) is 11.9. The minimum absolute atomic E-state index is 0.0597. The maximum atomic E-state index is 12.4. The van der Waals surface area contributed by atoms with Gasteiger partial charge in [0.25, 0.3) is 0 Å². The van der Waals surface area contributed by atoms with Crippen molar-refractivity contribution >= 4 is 17.2 Å². The Hall–Kier alpha value is -2.58. The zero-order chi connectivity index (χ0) is 14.2. The molecule has 0 aliphatic heterocycles. The Labute approximate surface area is 110 Å². The Bertz CT molecular complexity index is 715. The van der Waals surface area contributed by atoms with E-state index in [1.54, 1.807) is 12.3 Å². The molecule has 0 spiro atoms. The van der Waals surface area contributed by atoms with Crippen LogP contribution in [-0.4, -0.2) is 31.0 Å². The maximum absolute atomic E-state index is 12.4. The van der Waals surface area contributed by atoms with Crippen LogP contribution in [0.2, 0.25) is 0 Å². The van der Waals surface area contributed by atoms with Crippen LogP contribution in [0.25, 0.3) is 5.52 Å². The number of aromatic nitrogens is 5. The third kappa shape index (κ3) is 2.56. The van der Waals surface area contributed by atoms with E-state index in [-0.39, 0.29) is 5.69 Å². The minimum Gasteiger partial charge on any atom is -0.322 e. The lowest BCUT2D eigenvalue weighted by Crippen LogP contribution is -2.11. The number of nitrogens with zero attached hydrogens (tertiary/aromatic N) is 4. The molecule has 3 heterocycles. The summed E-state index contributed by atoms with van der Waals surface area (Å²) in [6, 6.07) is 3.04. The van der Waals surface area contributed by atoms with Gasteiger partial charge in [0.05, 0.1) is 12.1 Å². The van der Waals surface area contributed by atoms with Crippen molar-refractivity contribution in [3.05, 3.63) is 36.4 Å². The van der Waals surface area contributed by atoms with Gasteiger partial charge in [-0.1, -0.05) is 0 Å². The number of anilines is 2. The number of hydrogen-bond acceptors (Lipinski definition) is 4. The van der Waals surface area contributed by atoms with Crippen molar-refractivity contribution in [2.24, 2.45) is 0 Å². The van der Waals surface area contributed by atoms with Crippen LogP contribution in [-0.2, 0) is 6.42 Å². The van der Waals surface area contributed by atoms with Gasteiger partial charge in [-0.05, 0) is 6.07 Å². The van der Waals surface area contributed by atoms with Gasteiger partial charge in [-0.25, -0.2) is 9.50 Å². The highest BCUT2D eigenvalue weighted by atomic mass is 19.4. The molecule has 0 fully saturated rings. The topological polar surface area (TPSA) is 70.9 Å². The predicted octanol–water partition coefficient (Wildman–Crippen LogP) is 2.30. The average molecular weight is 282 g/mol. The van der Waals surface area contributed by atoms with E-state index in [1.165, 1.54) is 23.0 Å². The van der Waals surface area contributed by atoms with E-state index in [1.807, 2.05) is 0 Å². The molecule has 0 atom stereocenters. The second-order valence-electron chi connectivity index (χ2n) is 4.12. The molecule has 0 aromatic carbocycles. The molecule has 0 aliphatic carbocycles. The fourth-order valence-corrected chi connectivity index (χ4v) is 1.81. The molecule has 9 heteroatoms. The van der Waals surface area contributed by atoms with E-state index in [9.17, 15) is 13.2 Å². The molecule has 104 valence electrons. The number of fused-ring (bicyclic) bond motifs is 1. The molecule has 0 aliphatic rings. The third-order valence-corrected chi connectivity index (χ3v) is 2.57. The number of halogens is 3. The Balaban J connectivity index is 1.97. The largest absolute Gasteiger partial charge is 0.394 e. The average Bonchev–Trinajstić information content (AvgIpc) is 2.96. The van der Waals surface area contributed by atoms with Crippen molar-refractivity contribution < 1.29 is 13.2 Å². The maximum Gasteiger partial charge on any atom is 0.394 e. The van der Waals surface area contributed by atoms with Gasteiger partial charge in [-0.3, -0.25) is 5.10 Å². The first-order valence-corrected chi connectivity index (χ1v) is 5.68. The summed E-state index contributed by atoms with van der Waals surface area (Å²) in [7, 11) is 0. The number of H-pyrrole nitrogens is 1. The first-order valence-electron chi connectivity index (χ1n) is 5.68. The van der Waals surface area contributed by atoms with Gasteiger partial charge in [-0.15, -0.1) is 0 Å². The Morgan fingerprint density at radius 3 is 2.90 bits per heavy atom. The third-order valence-electron chi connectivity index (χ3n) is 2.57. The summed E-state index contributed by atoms with van der Waals surface area (Å²) < 4.78 is 38.5. The SMILES string of the molecule is FC(F)(F)Cc1cc2c(Nc3cc[nH]n3)nccn2n1. The lowest BCUT2D eigenvalue weighted by molar-refractivity contribution is -0.127. The van der Waals surface area contributed by atoms with Crippen LogP contribution in [0.3, 0.4) is 0 Å². The molecule has 0 radical (unpaired) electrons. The van der Waals surface area contributed by atoms with E-state index < -0.39 is 12.6 Å². The van der Waals surface area contributed by atoms with Gasteiger partial charge in [0.2, 0.25) is 0 Å². The predicted molar refractivity (Wildman–Crippen MR) is 64.6 cm³/mol. The lowest BCUT2D eigenvalue weighted by atomic mass is 10.3. The van der Waals surface area contributed by atoms with Crippen molar-refractivity contribution in [1.29, 1.82) is 0 Å². The molecular weight excluding hydrogens is 273 g/mol. The van der Waals surface area contributed by atoms with Crippen molar-refractivity contribution in [1.82, 2.24) is 24.8 Å². The summed E-state index contributed by atoms with van der Waals surface area (Å²) >= 11 is 0. The number of nitrogens with one attached hydrogen (secondary N) is 2. The molecule has 0 saturated heterocycles. The van der Waals surface area contributed by atoms with Gasteiger partial charge in [-0.2, -0.15) is 23.4 Å². The van der Waals surface area contributed by atoms with Crippen LogP contribution in [0.1, 0.15) is 5.69 Å². The summed E-state index contributed by atoms with van der Waals surface area (Å²) in [6.07, 6.45) is -0.803. The van der Waals surface area contributed by atoms with E-state index >= 15 is 0 Å². The summed E-state index contributed by atoms with van der Waals surface area (Å²) in [6.45, 7) is 0. The quantitative estimate of drug-likeness (QED) is 0.773. The van der Waals surface area contributed by atoms with Crippen LogP contribution in [0.5, 0.6) is 0 Å². The zero-order valence-electron chi connectivity index (χ0n) is 10.0. The van der Waals surface area contributed by atoms with Crippen LogP contribution in [0, 0.1) is 0 Å². The van der Waals surface area contributed by atoms with E-state index in [2.05, 4.69) is 25.6 Å². The van der Waals surface area contributed by atoms with Crippen molar-refractivity contribution in [2.75, 3.05) is 5.32 Å². The molecule has 3 aromatic heterocycles. The smallest absolute Gasteiger partial charge is 0.322 e. The first kappa shape index (κ1) is 12.5. The highest BCUT2D eigenvalue weighted by Gasteiger charge is 2.29. The Kier molecular flexibility index (Phi) is 2.81. The molecule has 2 N–H and O–H groups in total. The molecule has 0 bridgehead atoms. The summed E-state index contributed by atoms with van der Waals surface area (Å²) in [5, 5.41) is 13.3. The fraction of sp³-hybridized carbons (Fsp3) is 0.182. The van der Waals surface area contributed by atoms with E-state index in [0.717, 1.165) is 0 Å². The summed E-state index contributed by atoms with van der Waals surface area (Å²) in [5.74, 6) is 0.907. The number of hydrogen-bond donors (Lipinski definition) is 2. The second-order valence-corrected chi connectivity index (χ2v) is 4.12. The first-order chi connectivity index (χ1) is 9.51. The molecule has 20 heavy (non-hydrogen) atoms. The van der Waals surface area contributed by atoms with Crippen LogP contribution < -0.4 is 5.32 Å². The van der Waals surface area contributed by atoms with Gasteiger partial charge in [0.1, 0.15) is 5.52 Å². The fourth-order valence-electron chi connectivity index (χ4n) is 1.81. The highest BCUT2D eigenvalue weighted by Crippen LogP contribution is 2.24. The van der Waals surface area contributed by atoms with Gasteiger partial charge in [0, 0.05) is 24.7 Å². The molecule has 6 nitrogen and oxygen atoms in total. The highest BCUT2D eigenvalue weighted by molar-refractivity contribution is 5.72. The van der Waals surface area contributed by atoms with Gasteiger partial charge >= 0.3 is 6.18 Å².